The third kappa shape index (κ3) is 5.91. The van der Waals surface area contributed by atoms with E-state index in [-0.39, 0.29) is 29.7 Å². The molecule has 0 radical (unpaired) electrons. The Labute approximate surface area is 141 Å². The van der Waals surface area contributed by atoms with E-state index in [2.05, 4.69) is 4.72 Å². The smallest absolute Gasteiger partial charge is 0.323 e. The molecule has 0 spiro atoms. The fourth-order valence-corrected chi connectivity index (χ4v) is 3.21. The molecular formula is C15H22N2O6S. The highest BCUT2D eigenvalue weighted by Crippen LogP contribution is 2.13. The number of aliphatic carboxylic acids is 1. The minimum Gasteiger partial charge on any atom is -0.480 e. The minimum absolute atomic E-state index is 0.0365. The molecule has 0 unspecified atom stereocenters. The van der Waals surface area contributed by atoms with Crippen molar-refractivity contribution in [1.82, 2.24) is 9.62 Å². The summed E-state index contributed by atoms with van der Waals surface area (Å²) >= 11 is 0. The van der Waals surface area contributed by atoms with Gasteiger partial charge in [0.05, 0.1) is 11.5 Å². The topological polar surface area (TPSA) is 113 Å². The molecule has 0 saturated heterocycles. The van der Waals surface area contributed by atoms with Crippen molar-refractivity contribution in [1.29, 1.82) is 0 Å². The number of benzene rings is 1. The van der Waals surface area contributed by atoms with Gasteiger partial charge < -0.3 is 14.7 Å². The van der Waals surface area contributed by atoms with Crippen LogP contribution in [0.5, 0.6) is 0 Å². The fraction of sp³-hybridized carbons (Fsp3) is 0.467. The van der Waals surface area contributed by atoms with Gasteiger partial charge in [-0.1, -0.05) is 0 Å². The molecule has 0 fully saturated rings. The van der Waals surface area contributed by atoms with Crippen LogP contribution in [0.3, 0.4) is 0 Å². The Morgan fingerprint density at radius 2 is 1.83 bits per heavy atom. The molecule has 0 aromatic heterocycles. The number of amides is 1. The van der Waals surface area contributed by atoms with Gasteiger partial charge in [-0.15, -0.1) is 0 Å². The highest BCUT2D eigenvalue weighted by Gasteiger charge is 2.20. The number of nitrogens with zero attached hydrogens (tertiary/aromatic N) is 1. The molecular weight excluding hydrogens is 336 g/mol. The molecule has 1 aromatic carbocycles. The third-order valence-electron chi connectivity index (χ3n) is 2.98. The second kappa shape index (κ2) is 8.76. The number of carbonyl (C=O) groups is 2. The van der Waals surface area contributed by atoms with E-state index in [1.165, 1.54) is 31.4 Å². The predicted octanol–water partition coefficient (Wildman–Crippen LogP) is 0.547. The van der Waals surface area contributed by atoms with E-state index in [9.17, 15) is 18.0 Å². The van der Waals surface area contributed by atoms with E-state index in [0.29, 0.717) is 0 Å². The van der Waals surface area contributed by atoms with E-state index in [4.69, 9.17) is 9.84 Å². The molecule has 8 nitrogen and oxygen atoms in total. The van der Waals surface area contributed by atoms with Gasteiger partial charge in [-0.25, -0.2) is 13.1 Å². The maximum absolute atomic E-state index is 12.4. The minimum atomic E-state index is -3.64. The maximum atomic E-state index is 12.4. The summed E-state index contributed by atoms with van der Waals surface area (Å²) in [6, 6.07) is 5.09. The standard InChI is InChI=1S/C15H22N2O6S/c1-11(2)16-24(21,22)13-6-4-12(5-7-13)15(20)17(8-9-23-3)10-14(18)19/h4-7,11,16H,8-10H2,1-3H3,(H,18,19). The van der Waals surface area contributed by atoms with Crippen LogP contribution in [0.4, 0.5) is 0 Å². The van der Waals surface area contributed by atoms with Crippen molar-refractivity contribution in [3.8, 4) is 0 Å². The average Bonchev–Trinajstić information content (AvgIpc) is 2.49. The van der Waals surface area contributed by atoms with E-state index in [1.54, 1.807) is 13.8 Å². The summed E-state index contributed by atoms with van der Waals surface area (Å²) in [5.74, 6) is -1.64. The average molecular weight is 358 g/mol. The zero-order chi connectivity index (χ0) is 18.3. The molecule has 0 aliphatic carbocycles. The summed E-state index contributed by atoms with van der Waals surface area (Å²) in [4.78, 5) is 24.4. The zero-order valence-corrected chi connectivity index (χ0v) is 14.7. The van der Waals surface area contributed by atoms with Crippen LogP contribution in [0.1, 0.15) is 24.2 Å². The maximum Gasteiger partial charge on any atom is 0.323 e. The molecule has 9 heteroatoms. The Kier molecular flexibility index (Phi) is 7.33. The van der Waals surface area contributed by atoms with Crippen molar-refractivity contribution < 1.29 is 27.9 Å². The molecule has 0 aliphatic heterocycles. The third-order valence-corrected chi connectivity index (χ3v) is 4.66. The Balaban J connectivity index is 2.97. The first-order valence-corrected chi connectivity index (χ1v) is 8.78. The summed E-state index contributed by atoms with van der Waals surface area (Å²) in [6.07, 6.45) is 0. The quantitative estimate of drug-likeness (QED) is 0.666. The van der Waals surface area contributed by atoms with Crippen LogP contribution < -0.4 is 4.72 Å². The molecule has 0 aliphatic rings. The summed E-state index contributed by atoms with van der Waals surface area (Å²) in [5, 5.41) is 8.89. The molecule has 0 atom stereocenters. The van der Waals surface area contributed by atoms with E-state index in [1.807, 2.05) is 0 Å². The van der Waals surface area contributed by atoms with Gasteiger partial charge in [0.2, 0.25) is 10.0 Å². The van der Waals surface area contributed by atoms with Crippen LogP contribution in [-0.2, 0) is 19.6 Å². The fourth-order valence-electron chi connectivity index (χ4n) is 1.95. The van der Waals surface area contributed by atoms with Crippen molar-refractivity contribution in [3.05, 3.63) is 29.8 Å². The van der Waals surface area contributed by atoms with Gasteiger partial charge in [0.1, 0.15) is 6.54 Å². The molecule has 2 N–H and O–H groups in total. The van der Waals surface area contributed by atoms with Gasteiger partial charge in [-0.3, -0.25) is 9.59 Å². The van der Waals surface area contributed by atoms with Crippen LogP contribution in [0.2, 0.25) is 0 Å². The Morgan fingerprint density at radius 1 is 1.25 bits per heavy atom. The number of methoxy groups -OCH3 is 1. The van der Waals surface area contributed by atoms with Crippen LogP contribution in [0, 0.1) is 0 Å². The summed E-state index contributed by atoms with van der Waals surface area (Å²) < 4.78 is 31.4. The summed E-state index contributed by atoms with van der Waals surface area (Å²) in [7, 11) is -2.20. The normalized spacial score (nSPS) is 11.5. The molecule has 134 valence electrons. The number of hydrogen-bond donors (Lipinski definition) is 2. The highest BCUT2D eigenvalue weighted by molar-refractivity contribution is 7.89. The molecule has 24 heavy (non-hydrogen) atoms. The molecule has 1 amide bonds. The first-order chi connectivity index (χ1) is 11.2. The lowest BCUT2D eigenvalue weighted by atomic mass is 10.2. The van der Waals surface area contributed by atoms with Crippen molar-refractivity contribution in [2.24, 2.45) is 0 Å². The number of nitrogens with one attached hydrogen (secondary N) is 1. The first kappa shape index (κ1) is 20.1. The van der Waals surface area contributed by atoms with Gasteiger partial charge in [0, 0.05) is 25.3 Å². The van der Waals surface area contributed by atoms with Gasteiger partial charge in [0.15, 0.2) is 0 Å². The van der Waals surface area contributed by atoms with Crippen molar-refractivity contribution in [2.75, 3.05) is 26.8 Å². The number of carboxylic acid groups (broad SMARTS) is 1. The Bertz CT molecular complexity index is 670. The van der Waals surface area contributed by atoms with E-state index in [0.717, 1.165) is 4.90 Å². The monoisotopic (exact) mass is 358 g/mol. The SMILES string of the molecule is COCCN(CC(=O)O)C(=O)c1ccc(S(=O)(=O)NC(C)C)cc1. The lowest BCUT2D eigenvalue weighted by molar-refractivity contribution is -0.137. The van der Waals surface area contributed by atoms with Crippen LogP contribution in [0.25, 0.3) is 0 Å². The van der Waals surface area contributed by atoms with Crippen LogP contribution in [-0.4, -0.2) is 63.1 Å². The lowest BCUT2D eigenvalue weighted by Gasteiger charge is -2.20. The molecule has 0 saturated carbocycles. The largest absolute Gasteiger partial charge is 0.480 e. The Hall–Kier alpha value is -1.97. The molecule has 0 heterocycles. The van der Waals surface area contributed by atoms with Crippen molar-refractivity contribution in [2.45, 2.75) is 24.8 Å². The summed E-state index contributed by atoms with van der Waals surface area (Å²) in [5.41, 5.74) is 0.204. The van der Waals surface area contributed by atoms with Crippen molar-refractivity contribution >= 4 is 21.9 Å². The van der Waals surface area contributed by atoms with Crippen LogP contribution in [0.15, 0.2) is 29.2 Å². The summed E-state index contributed by atoms with van der Waals surface area (Å²) in [6.45, 7) is 3.27. The second-order valence-corrected chi connectivity index (χ2v) is 7.13. The van der Waals surface area contributed by atoms with Gasteiger partial charge in [-0.05, 0) is 38.1 Å². The number of hydrogen-bond acceptors (Lipinski definition) is 5. The highest BCUT2D eigenvalue weighted by atomic mass is 32.2. The molecule has 0 bridgehead atoms. The van der Waals surface area contributed by atoms with Gasteiger partial charge in [0.25, 0.3) is 5.91 Å². The zero-order valence-electron chi connectivity index (χ0n) is 13.9. The number of sulfonamides is 1. The number of carbonyl (C=O) groups excluding carboxylic acids is 1. The number of rotatable bonds is 9. The lowest BCUT2D eigenvalue weighted by Crippen LogP contribution is -2.38. The van der Waals surface area contributed by atoms with Gasteiger partial charge in [-0.2, -0.15) is 0 Å². The molecule has 1 rings (SSSR count). The predicted molar refractivity (Wildman–Crippen MR) is 87.3 cm³/mol. The van der Waals surface area contributed by atoms with Gasteiger partial charge >= 0.3 is 5.97 Å². The second-order valence-electron chi connectivity index (χ2n) is 5.41. The van der Waals surface area contributed by atoms with E-state index < -0.39 is 28.4 Å². The van der Waals surface area contributed by atoms with E-state index >= 15 is 0 Å². The molecule has 1 aromatic rings. The number of carboxylic acids is 1. The first-order valence-electron chi connectivity index (χ1n) is 7.29. The van der Waals surface area contributed by atoms with Crippen LogP contribution >= 0.6 is 0 Å². The Morgan fingerprint density at radius 3 is 2.29 bits per heavy atom. The number of ether oxygens (including phenoxy) is 1. The van der Waals surface area contributed by atoms with Crippen molar-refractivity contribution in [3.63, 3.8) is 0 Å².